The van der Waals surface area contributed by atoms with Crippen LogP contribution < -0.4 is 11.4 Å². The van der Waals surface area contributed by atoms with Crippen LogP contribution in [0.3, 0.4) is 0 Å². The first-order valence-corrected chi connectivity index (χ1v) is 12.2. The zero-order chi connectivity index (χ0) is 22.4. The highest BCUT2D eigenvalue weighted by molar-refractivity contribution is 14.1. The van der Waals surface area contributed by atoms with E-state index in [4.69, 9.17) is 4.74 Å². The minimum atomic E-state index is -0.475. The van der Waals surface area contributed by atoms with Crippen molar-refractivity contribution in [3.63, 3.8) is 0 Å². The number of hydrogen-bond acceptors (Lipinski definition) is 5. The van der Waals surface area contributed by atoms with Crippen molar-refractivity contribution in [1.82, 2.24) is 19.0 Å². The standard InChI is InChI=1S/C22H30FIN4O3/c1-16-25-21(29)28(22(30)26(16)2)12-3-11-27-13-9-20(14-19(27)8-10-24)31-15-17-4-6-18(23)7-5-17/h4-7,19-20H,3,8-15H2,1-2H3. The summed E-state index contributed by atoms with van der Waals surface area (Å²) in [6, 6.07) is 6.86. The van der Waals surface area contributed by atoms with Crippen molar-refractivity contribution in [2.75, 3.05) is 17.5 Å². The van der Waals surface area contributed by atoms with Crippen LogP contribution in [-0.4, -0.2) is 48.7 Å². The molecule has 0 amide bonds. The Morgan fingerprint density at radius 2 is 1.97 bits per heavy atom. The molecule has 2 aromatic rings. The maximum absolute atomic E-state index is 13.1. The third kappa shape index (κ3) is 6.45. The Hall–Kier alpha value is -1.59. The van der Waals surface area contributed by atoms with Gasteiger partial charge in [-0.3, -0.25) is 4.57 Å². The summed E-state index contributed by atoms with van der Waals surface area (Å²) >= 11 is 2.40. The van der Waals surface area contributed by atoms with Crippen LogP contribution in [0.5, 0.6) is 0 Å². The molecule has 1 aliphatic rings. The third-order valence-corrected chi connectivity index (χ3v) is 6.57. The first-order valence-electron chi connectivity index (χ1n) is 10.7. The second-order valence-corrected chi connectivity index (χ2v) is 9.12. The first-order chi connectivity index (χ1) is 14.9. The van der Waals surface area contributed by atoms with E-state index < -0.39 is 5.69 Å². The van der Waals surface area contributed by atoms with Crippen molar-refractivity contribution >= 4 is 22.6 Å². The Morgan fingerprint density at radius 3 is 2.68 bits per heavy atom. The molecule has 7 nitrogen and oxygen atoms in total. The van der Waals surface area contributed by atoms with E-state index >= 15 is 0 Å². The molecule has 1 aromatic carbocycles. The predicted molar refractivity (Wildman–Crippen MR) is 126 cm³/mol. The van der Waals surface area contributed by atoms with Crippen LogP contribution in [0.1, 0.15) is 37.1 Å². The van der Waals surface area contributed by atoms with Gasteiger partial charge in [0.15, 0.2) is 0 Å². The van der Waals surface area contributed by atoms with E-state index in [1.54, 1.807) is 26.1 Å². The highest BCUT2D eigenvalue weighted by atomic mass is 127. The molecule has 1 fully saturated rings. The number of aryl methyl sites for hydroxylation is 1. The topological polar surface area (TPSA) is 69.4 Å². The molecule has 0 N–H and O–H groups in total. The van der Waals surface area contributed by atoms with E-state index in [1.807, 2.05) is 0 Å². The van der Waals surface area contributed by atoms with Gasteiger partial charge in [-0.15, -0.1) is 0 Å². The van der Waals surface area contributed by atoms with E-state index in [1.165, 1.54) is 21.3 Å². The number of nitrogens with zero attached hydrogens (tertiary/aromatic N) is 4. The highest BCUT2D eigenvalue weighted by Gasteiger charge is 2.28. The van der Waals surface area contributed by atoms with E-state index in [0.29, 0.717) is 25.0 Å². The number of hydrogen-bond donors (Lipinski definition) is 0. The summed E-state index contributed by atoms with van der Waals surface area (Å²) in [5.41, 5.74) is 0.194. The van der Waals surface area contributed by atoms with Crippen molar-refractivity contribution < 1.29 is 9.13 Å². The van der Waals surface area contributed by atoms with E-state index in [0.717, 1.165) is 48.8 Å². The molecule has 2 unspecified atom stereocenters. The molecule has 0 saturated carbocycles. The van der Waals surface area contributed by atoms with Crippen molar-refractivity contribution in [2.45, 2.75) is 57.9 Å². The van der Waals surface area contributed by atoms with E-state index in [2.05, 4.69) is 32.5 Å². The van der Waals surface area contributed by atoms with Crippen LogP contribution in [0.25, 0.3) is 0 Å². The van der Waals surface area contributed by atoms with E-state index in [9.17, 15) is 14.0 Å². The molecule has 0 spiro atoms. The van der Waals surface area contributed by atoms with Gasteiger partial charge in [-0.25, -0.2) is 18.5 Å². The normalized spacial score (nSPS) is 19.6. The van der Waals surface area contributed by atoms with Crippen LogP contribution in [0.4, 0.5) is 4.39 Å². The lowest BCUT2D eigenvalue weighted by Crippen LogP contribution is -2.46. The molecule has 1 saturated heterocycles. The van der Waals surface area contributed by atoms with E-state index in [-0.39, 0.29) is 17.6 Å². The number of rotatable bonds is 9. The van der Waals surface area contributed by atoms with Gasteiger partial charge in [0.2, 0.25) is 0 Å². The van der Waals surface area contributed by atoms with Crippen molar-refractivity contribution in [3.05, 3.63) is 62.4 Å². The summed E-state index contributed by atoms with van der Waals surface area (Å²) in [6.07, 6.45) is 3.87. The zero-order valence-electron chi connectivity index (χ0n) is 18.1. The molecule has 0 radical (unpaired) electrons. The SMILES string of the molecule is Cc1nc(=O)n(CCCN2CCC(OCc3ccc(F)cc3)CC2CCI)c(=O)n1C. The fourth-order valence-electron chi connectivity index (χ4n) is 4.03. The Labute approximate surface area is 195 Å². The average Bonchev–Trinajstić information content (AvgIpc) is 2.75. The smallest absolute Gasteiger partial charge is 0.353 e. The fourth-order valence-corrected chi connectivity index (χ4v) is 4.75. The van der Waals surface area contributed by atoms with Crippen LogP contribution in [-0.2, 0) is 24.9 Å². The van der Waals surface area contributed by atoms with Gasteiger partial charge < -0.3 is 9.64 Å². The molecule has 0 bridgehead atoms. The van der Waals surface area contributed by atoms with Crippen molar-refractivity contribution in [2.24, 2.45) is 7.05 Å². The van der Waals surface area contributed by atoms with Gasteiger partial charge in [0.05, 0.1) is 12.7 Å². The quantitative estimate of drug-likeness (QED) is 0.359. The minimum absolute atomic E-state index is 0.186. The molecule has 170 valence electrons. The predicted octanol–water partition coefficient (Wildman–Crippen LogP) is 2.65. The number of ether oxygens (including phenoxy) is 1. The summed E-state index contributed by atoms with van der Waals surface area (Å²) in [6.45, 7) is 4.28. The lowest BCUT2D eigenvalue weighted by atomic mass is 9.97. The Bertz CT molecular complexity index is 976. The van der Waals surface area contributed by atoms with Crippen LogP contribution in [0.2, 0.25) is 0 Å². The largest absolute Gasteiger partial charge is 0.373 e. The van der Waals surface area contributed by atoms with Gasteiger partial charge in [-0.1, -0.05) is 34.7 Å². The molecule has 1 aromatic heterocycles. The van der Waals surface area contributed by atoms with Crippen molar-refractivity contribution in [3.8, 4) is 0 Å². The third-order valence-electron chi connectivity index (χ3n) is 5.95. The first kappa shape index (κ1) is 24.1. The van der Waals surface area contributed by atoms with Crippen LogP contribution in [0, 0.1) is 12.7 Å². The Balaban J connectivity index is 1.53. The van der Waals surface area contributed by atoms with Gasteiger partial charge in [0.25, 0.3) is 0 Å². The van der Waals surface area contributed by atoms with Gasteiger partial charge in [-0.05, 0) is 50.3 Å². The lowest BCUT2D eigenvalue weighted by molar-refractivity contribution is -0.0249. The molecule has 1 aliphatic heterocycles. The molecule has 0 aliphatic carbocycles. The number of aromatic nitrogens is 3. The van der Waals surface area contributed by atoms with Gasteiger partial charge in [-0.2, -0.15) is 4.98 Å². The number of piperidine rings is 1. The summed E-state index contributed by atoms with van der Waals surface area (Å²) in [7, 11) is 1.63. The van der Waals surface area contributed by atoms with Gasteiger partial charge in [0, 0.05) is 37.2 Å². The number of halogens is 2. The second kappa shape index (κ2) is 11.3. The molecule has 2 atom stereocenters. The molecular formula is C22H30FIN4O3. The Kier molecular flexibility index (Phi) is 8.79. The average molecular weight is 544 g/mol. The van der Waals surface area contributed by atoms with Crippen LogP contribution >= 0.6 is 22.6 Å². The van der Waals surface area contributed by atoms with Crippen LogP contribution in [0.15, 0.2) is 33.9 Å². The summed E-state index contributed by atoms with van der Waals surface area (Å²) in [4.78, 5) is 30.8. The number of alkyl halides is 1. The molecule has 9 heteroatoms. The number of likely N-dealkylation sites (tertiary alicyclic amines) is 1. The van der Waals surface area contributed by atoms with Gasteiger partial charge in [0.1, 0.15) is 11.6 Å². The van der Waals surface area contributed by atoms with Crippen molar-refractivity contribution in [1.29, 1.82) is 0 Å². The molecular weight excluding hydrogens is 514 g/mol. The Morgan fingerprint density at radius 1 is 1.23 bits per heavy atom. The van der Waals surface area contributed by atoms with Gasteiger partial charge >= 0.3 is 11.4 Å². The molecule has 2 heterocycles. The molecule has 31 heavy (non-hydrogen) atoms. The maximum atomic E-state index is 13.1. The molecule has 3 rings (SSSR count). The summed E-state index contributed by atoms with van der Waals surface area (Å²) in [5, 5.41) is 0. The summed E-state index contributed by atoms with van der Waals surface area (Å²) < 4.78 is 22.9. The number of benzene rings is 1. The summed E-state index contributed by atoms with van der Waals surface area (Å²) in [5.74, 6) is 0.191. The zero-order valence-corrected chi connectivity index (χ0v) is 20.3. The maximum Gasteiger partial charge on any atom is 0.353 e. The highest BCUT2D eigenvalue weighted by Crippen LogP contribution is 2.24. The lowest BCUT2D eigenvalue weighted by Gasteiger charge is -2.39. The minimum Gasteiger partial charge on any atom is -0.373 e. The second-order valence-electron chi connectivity index (χ2n) is 8.04. The monoisotopic (exact) mass is 544 g/mol. The fraction of sp³-hybridized carbons (Fsp3) is 0.591.